The molecule has 2 amide bonds. The molecule has 1 aliphatic heterocycles. The molecule has 1 fully saturated rings. The average molecular weight is 312 g/mol. The van der Waals surface area contributed by atoms with Gasteiger partial charge >= 0.3 is 5.97 Å². The van der Waals surface area contributed by atoms with E-state index in [0.29, 0.717) is 4.88 Å². The van der Waals surface area contributed by atoms with E-state index in [1.165, 1.54) is 23.3 Å². The third-order valence-corrected chi connectivity index (χ3v) is 4.09. The maximum absolute atomic E-state index is 12.1. The number of likely N-dealkylation sites (tertiary alicyclic amines) is 1. The van der Waals surface area contributed by atoms with Crippen molar-refractivity contribution >= 4 is 29.1 Å². The maximum Gasteiger partial charge on any atom is 0.328 e. The fraction of sp³-hybridized carbons (Fsp3) is 0.462. The Morgan fingerprint density at radius 2 is 2.29 bits per heavy atom. The predicted molar refractivity (Wildman–Crippen MR) is 74.8 cm³/mol. The first kappa shape index (κ1) is 15.5. The van der Waals surface area contributed by atoms with Crippen LogP contribution in [-0.2, 0) is 14.3 Å². The lowest BCUT2D eigenvalue weighted by atomic mass is 10.2. The van der Waals surface area contributed by atoms with Crippen molar-refractivity contribution in [2.45, 2.75) is 18.6 Å². The van der Waals surface area contributed by atoms with Gasteiger partial charge in [-0.1, -0.05) is 6.07 Å². The Morgan fingerprint density at radius 1 is 1.52 bits per heavy atom. The van der Waals surface area contributed by atoms with E-state index >= 15 is 0 Å². The quantitative estimate of drug-likeness (QED) is 0.738. The fourth-order valence-corrected chi connectivity index (χ4v) is 2.84. The zero-order chi connectivity index (χ0) is 15.4. The minimum Gasteiger partial charge on any atom is -0.467 e. The number of thiophene rings is 1. The Hall–Kier alpha value is -1.93. The van der Waals surface area contributed by atoms with Gasteiger partial charge in [0.25, 0.3) is 5.91 Å². The number of rotatable bonds is 4. The molecule has 1 aliphatic rings. The van der Waals surface area contributed by atoms with Gasteiger partial charge in [0.1, 0.15) is 6.04 Å². The molecule has 2 rings (SSSR count). The smallest absolute Gasteiger partial charge is 0.328 e. The summed E-state index contributed by atoms with van der Waals surface area (Å²) in [5.74, 6) is -1.33. The van der Waals surface area contributed by atoms with Gasteiger partial charge in [-0.15, -0.1) is 11.3 Å². The van der Waals surface area contributed by atoms with E-state index in [0.717, 1.165) is 0 Å². The highest BCUT2D eigenvalue weighted by Crippen LogP contribution is 2.19. The average Bonchev–Trinajstić information content (AvgIpc) is 3.12. The number of ether oxygens (including phenoxy) is 1. The van der Waals surface area contributed by atoms with E-state index in [4.69, 9.17) is 0 Å². The molecule has 2 N–H and O–H groups in total. The number of carbonyl (C=O) groups is 3. The van der Waals surface area contributed by atoms with Gasteiger partial charge in [-0.2, -0.15) is 0 Å². The first-order valence-electron chi connectivity index (χ1n) is 6.40. The van der Waals surface area contributed by atoms with Crippen molar-refractivity contribution in [2.24, 2.45) is 0 Å². The highest BCUT2D eigenvalue weighted by molar-refractivity contribution is 7.12. The van der Waals surface area contributed by atoms with Gasteiger partial charge in [-0.3, -0.25) is 9.59 Å². The molecule has 2 unspecified atom stereocenters. The second-order valence-corrected chi connectivity index (χ2v) is 5.58. The molecule has 7 nitrogen and oxygen atoms in total. The number of carbonyl (C=O) groups excluding carboxylic acids is 3. The van der Waals surface area contributed by atoms with Crippen LogP contribution in [-0.4, -0.2) is 60.1 Å². The Bertz CT molecular complexity index is 531. The molecule has 21 heavy (non-hydrogen) atoms. The molecule has 114 valence electrons. The molecule has 1 aromatic rings. The van der Waals surface area contributed by atoms with Crippen molar-refractivity contribution in [3.8, 4) is 0 Å². The third-order valence-electron chi connectivity index (χ3n) is 3.22. The second kappa shape index (κ2) is 6.68. The van der Waals surface area contributed by atoms with E-state index in [-0.39, 0.29) is 25.4 Å². The second-order valence-electron chi connectivity index (χ2n) is 4.63. The molecule has 0 saturated carbocycles. The topological polar surface area (TPSA) is 95.9 Å². The number of nitrogens with zero attached hydrogens (tertiary/aromatic N) is 1. The van der Waals surface area contributed by atoms with Gasteiger partial charge in [0.05, 0.1) is 24.6 Å². The summed E-state index contributed by atoms with van der Waals surface area (Å²) in [6.45, 7) is -0.162. The number of amides is 2. The molecule has 1 saturated heterocycles. The molecular formula is C13H16N2O5S. The molecule has 1 aromatic heterocycles. The Labute approximate surface area is 125 Å². The third kappa shape index (κ3) is 3.59. The Balaban J connectivity index is 1.93. The number of hydrogen-bond acceptors (Lipinski definition) is 6. The van der Waals surface area contributed by atoms with Crippen LogP contribution in [0.15, 0.2) is 17.5 Å². The largest absolute Gasteiger partial charge is 0.467 e. The van der Waals surface area contributed by atoms with Crippen molar-refractivity contribution in [1.29, 1.82) is 0 Å². The highest BCUT2D eigenvalue weighted by Gasteiger charge is 2.39. The summed E-state index contributed by atoms with van der Waals surface area (Å²) in [7, 11) is 1.23. The number of β-amino-alcohol motifs (C(OH)–C–C–N with tert-alkyl or cyclic N) is 1. The molecule has 0 bridgehead atoms. The van der Waals surface area contributed by atoms with Crippen LogP contribution >= 0.6 is 11.3 Å². The van der Waals surface area contributed by atoms with Crippen molar-refractivity contribution in [3.05, 3.63) is 22.4 Å². The number of nitrogens with one attached hydrogen (secondary N) is 1. The van der Waals surface area contributed by atoms with Crippen LogP contribution in [0.2, 0.25) is 0 Å². The predicted octanol–water partition coefficient (Wildman–Crippen LogP) is -0.387. The number of aliphatic hydroxyl groups is 1. The Kier molecular flexibility index (Phi) is 4.92. The van der Waals surface area contributed by atoms with Crippen molar-refractivity contribution in [1.82, 2.24) is 10.2 Å². The SMILES string of the molecule is COC(=O)C1CC(O)CN1C(=O)CNC(=O)c1cccs1. The van der Waals surface area contributed by atoms with Gasteiger partial charge < -0.3 is 20.1 Å². The fourth-order valence-electron chi connectivity index (χ4n) is 2.20. The van der Waals surface area contributed by atoms with Crippen LogP contribution in [0.4, 0.5) is 0 Å². The normalized spacial score (nSPS) is 21.1. The van der Waals surface area contributed by atoms with Gasteiger partial charge in [0.15, 0.2) is 0 Å². The van der Waals surface area contributed by atoms with Crippen molar-refractivity contribution in [2.75, 3.05) is 20.2 Å². The van der Waals surface area contributed by atoms with Gasteiger partial charge in [0, 0.05) is 13.0 Å². The van der Waals surface area contributed by atoms with E-state index in [2.05, 4.69) is 10.1 Å². The van der Waals surface area contributed by atoms with Crippen molar-refractivity contribution in [3.63, 3.8) is 0 Å². The minimum absolute atomic E-state index is 0.0630. The lowest BCUT2D eigenvalue weighted by Crippen LogP contribution is -2.46. The van der Waals surface area contributed by atoms with E-state index < -0.39 is 24.0 Å². The summed E-state index contributed by atoms with van der Waals surface area (Å²) >= 11 is 1.27. The summed E-state index contributed by atoms with van der Waals surface area (Å²) in [6.07, 6.45) is -0.608. The van der Waals surface area contributed by atoms with Crippen LogP contribution in [0.1, 0.15) is 16.1 Å². The standard InChI is InChI=1S/C13H16N2O5S/c1-20-13(19)9-5-8(16)7-15(9)11(17)6-14-12(18)10-3-2-4-21-10/h2-4,8-9,16H,5-7H2,1H3,(H,14,18). The van der Waals surface area contributed by atoms with E-state index in [1.54, 1.807) is 17.5 Å². The molecule has 0 radical (unpaired) electrons. The monoisotopic (exact) mass is 312 g/mol. The van der Waals surface area contributed by atoms with Crippen LogP contribution in [0.3, 0.4) is 0 Å². The molecule has 0 spiro atoms. The van der Waals surface area contributed by atoms with Gasteiger partial charge in [-0.05, 0) is 11.4 Å². The zero-order valence-corrected chi connectivity index (χ0v) is 12.3. The molecule has 2 heterocycles. The van der Waals surface area contributed by atoms with Crippen molar-refractivity contribution < 1.29 is 24.2 Å². The lowest BCUT2D eigenvalue weighted by molar-refractivity contribution is -0.150. The summed E-state index contributed by atoms with van der Waals surface area (Å²) in [4.78, 5) is 37.2. The first-order chi connectivity index (χ1) is 10.0. The molecule has 0 aromatic carbocycles. The number of hydrogen-bond donors (Lipinski definition) is 2. The molecule has 0 aliphatic carbocycles. The van der Waals surface area contributed by atoms with E-state index in [9.17, 15) is 19.5 Å². The number of aliphatic hydroxyl groups excluding tert-OH is 1. The summed E-state index contributed by atoms with van der Waals surface area (Å²) in [5.41, 5.74) is 0. The first-order valence-corrected chi connectivity index (χ1v) is 7.28. The van der Waals surface area contributed by atoms with Crippen LogP contribution < -0.4 is 5.32 Å². The minimum atomic E-state index is -0.795. The van der Waals surface area contributed by atoms with E-state index in [1.807, 2.05) is 0 Å². The summed E-state index contributed by atoms with van der Waals surface area (Å²) in [5, 5.41) is 13.9. The van der Waals surface area contributed by atoms with Gasteiger partial charge in [0.2, 0.25) is 5.91 Å². The number of esters is 1. The zero-order valence-electron chi connectivity index (χ0n) is 11.4. The maximum atomic E-state index is 12.1. The summed E-state index contributed by atoms with van der Waals surface area (Å²) in [6, 6.07) is 2.60. The lowest BCUT2D eigenvalue weighted by Gasteiger charge is -2.22. The highest BCUT2D eigenvalue weighted by atomic mass is 32.1. The molecule has 2 atom stereocenters. The van der Waals surface area contributed by atoms with Crippen LogP contribution in [0.5, 0.6) is 0 Å². The Morgan fingerprint density at radius 3 is 2.90 bits per heavy atom. The summed E-state index contributed by atoms with van der Waals surface area (Å²) < 4.78 is 4.62. The van der Waals surface area contributed by atoms with Gasteiger partial charge in [-0.25, -0.2) is 4.79 Å². The molecular weight excluding hydrogens is 296 g/mol. The van der Waals surface area contributed by atoms with Crippen LogP contribution in [0.25, 0.3) is 0 Å². The molecule has 8 heteroatoms. The number of methoxy groups -OCH3 is 1. The van der Waals surface area contributed by atoms with Crippen LogP contribution in [0, 0.1) is 0 Å².